The fourth-order valence-electron chi connectivity index (χ4n) is 1.67. The molecule has 0 amide bonds. The highest BCUT2D eigenvalue weighted by molar-refractivity contribution is 5.53. The number of rotatable bonds is 5. The number of aromatic nitrogens is 2. The van der Waals surface area contributed by atoms with Crippen molar-refractivity contribution >= 4 is 0 Å². The van der Waals surface area contributed by atoms with Gasteiger partial charge in [-0.05, 0) is 30.0 Å². The van der Waals surface area contributed by atoms with Crippen LogP contribution in [-0.4, -0.2) is 10.1 Å². The lowest BCUT2D eigenvalue weighted by atomic mass is 10.1. The first-order chi connectivity index (χ1) is 8.69. The molecule has 0 bridgehead atoms. The van der Waals surface area contributed by atoms with E-state index in [1.54, 1.807) is 0 Å². The average Bonchev–Trinajstić information content (AvgIpc) is 2.85. The van der Waals surface area contributed by atoms with E-state index in [4.69, 9.17) is 10.3 Å². The summed E-state index contributed by atoms with van der Waals surface area (Å²) in [5.74, 6) is 2.01. The van der Waals surface area contributed by atoms with Crippen molar-refractivity contribution in [2.75, 3.05) is 0 Å². The predicted molar refractivity (Wildman–Crippen MR) is 70.8 cm³/mol. The summed E-state index contributed by atoms with van der Waals surface area (Å²) < 4.78 is 5.26. The van der Waals surface area contributed by atoms with Crippen molar-refractivity contribution in [1.82, 2.24) is 10.1 Å². The Morgan fingerprint density at radius 2 is 1.94 bits per heavy atom. The molecule has 96 valence electrons. The van der Waals surface area contributed by atoms with E-state index in [0.29, 0.717) is 18.4 Å². The molecule has 4 heteroatoms. The van der Waals surface area contributed by atoms with Crippen LogP contribution in [0.1, 0.15) is 31.7 Å². The van der Waals surface area contributed by atoms with Gasteiger partial charge in [-0.25, -0.2) is 0 Å². The molecule has 1 aromatic carbocycles. The van der Waals surface area contributed by atoms with Crippen LogP contribution in [-0.2, 0) is 13.0 Å². The number of benzene rings is 1. The van der Waals surface area contributed by atoms with Gasteiger partial charge in [0.15, 0.2) is 5.82 Å². The van der Waals surface area contributed by atoms with Gasteiger partial charge in [0.2, 0.25) is 0 Å². The van der Waals surface area contributed by atoms with Crippen molar-refractivity contribution in [3.63, 3.8) is 0 Å². The van der Waals surface area contributed by atoms with Crippen molar-refractivity contribution in [1.29, 1.82) is 0 Å². The van der Waals surface area contributed by atoms with Gasteiger partial charge in [-0.3, -0.25) is 0 Å². The first-order valence-corrected chi connectivity index (χ1v) is 6.31. The molecule has 0 aliphatic heterocycles. The largest absolute Gasteiger partial charge is 0.334 e. The van der Waals surface area contributed by atoms with Crippen molar-refractivity contribution in [2.24, 2.45) is 11.7 Å². The highest BCUT2D eigenvalue weighted by Gasteiger charge is 2.09. The van der Waals surface area contributed by atoms with Crippen LogP contribution in [0.25, 0.3) is 11.5 Å². The standard InChI is InChI=1S/C14H19N3O/c1-10(2)3-8-13-16-14(18-17-13)12-6-4-11(9-15)5-7-12/h4-7,10H,3,8-9,15H2,1-2H3. The van der Waals surface area contributed by atoms with Crippen LogP contribution >= 0.6 is 0 Å². The second-order valence-electron chi connectivity index (χ2n) is 4.85. The molecule has 0 saturated heterocycles. The van der Waals surface area contributed by atoms with Crippen LogP contribution in [0.5, 0.6) is 0 Å². The average molecular weight is 245 g/mol. The van der Waals surface area contributed by atoms with Crippen molar-refractivity contribution in [3.05, 3.63) is 35.7 Å². The Bertz CT molecular complexity index is 488. The minimum Gasteiger partial charge on any atom is -0.334 e. The molecule has 2 aromatic rings. The Balaban J connectivity index is 2.08. The summed E-state index contributed by atoms with van der Waals surface area (Å²) in [5.41, 5.74) is 7.60. The fraction of sp³-hybridized carbons (Fsp3) is 0.429. The Hall–Kier alpha value is -1.68. The number of nitrogens with zero attached hydrogens (tertiary/aromatic N) is 2. The highest BCUT2D eigenvalue weighted by Crippen LogP contribution is 2.18. The number of aryl methyl sites for hydroxylation is 1. The van der Waals surface area contributed by atoms with Gasteiger partial charge in [0.05, 0.1) is 0 Å². The second-order valence-corrected chi connectivity index (χ2v) is 4.85. The van der Waals surface area contributed by atoms with Crippen molar-refractivity contribution < 1.29 is 4.52 Å². The zero-order valence-corrected chi connectivity index (χ0v) is 10.9. The van der Waals surface area contributed by atoms with E-state index in [1.807, 2.05) is 24.3 Å². The summed E-state index contributed by atoms with van der Waals surface area (Å²) in [7, 11) is 0. The van der Waals surface area contributed by atoms with Gasteiger partial charge in [0, 0.05) is 18.5 Å². The third-order valence-electron chi connectivity index (χ3n) is 2.85. The molecule has 1 aromatic heterocycles. The molecule has 0 aliphatic carbocycles. The van der Waals surface area contributed by atoms with Gasteiger partial charge in [0.25, 0.3) is 5.89 Å². The van der Waals surface area contributed by atoms with Crippen LogP contribution in [0.2, 0.25) is 0 Å². The van der Waals surface area contributed by atoms with Crippen LogP contribution in [0, 0.1) is 5.92 Å². The molecule has 0 unspecified atom stereocenters. The number of nitrogens with two attached hydrogens (primary N) is 1. The quantitative estimate of drug-likeness (QED) is 0.879. The van der Waals surface area contributed by atoms with Gasteiger partial charge in [0.1, 0.15) is 0 Å². The van der Waals surface area contributed by atoms with Crippen LogP contribution < -0.4 is 5.73 Å². The van der Waals surface area contributed by atoms with E-state index in [1.165, 1.54) is 0 Å². The first-order valence-electron chi connectivity index (χ1n) is 6.31. The zero-order chi connectivity index (χ0) is 13.0. The monoisotopic (exact) mass is 245 g/mol. The lowest BCUT2D eigenvalue weighted by molar-refractivity contribution is 0.419. The van der Waals surface area contributed by atoms with Crippen LogP contribution in [0.3, 0.4) is 0 Å². The fourth-order valence-corrected chi connectivity index (χ4v) is 1.67. The molecule has 1 heterocycles. The smallest absolute Gasteiger partial charge is 0.257 e. The molecule has 0 aliphatic rings. The summed E-state index contributed by atoms with van der Waals surface area (Å²) >= 11 is 0. The molecule has 18 heavy (non-hydrogen) atoms. The molecular weight excluding hydrogens is 226 g/mol. The number of hydrogen-bond donors (Lipinski definition) is 1. The predicted octanol–water partition coefficient (Wildman–Crippen LogP) is 2.78. The lowest BCUT2D eigenvalue weighted by Gasteiger charge is -1.99. The lowest BCUT2D eigenvalue weighted by Crippen LogP contribution is -1.95. The topological polar surface area (TPSA) is 64.9 Å². The minimum atomic E-state index is 0.545. The van der Waals surface area contributed by atoms with Gasteiger partial charge in [-0.15, -0.1) is 0 Å². The van der Waals surface area contributed by atoms with Gasteiger partial charge in [-0.1, -0.05) is 31.1 Å². The van der Waals surface area contributed by atoms with Crippen molar-refractivity contribution in [3.8, 4) is 11.5 Å². The summed E-state index contributed by atoms with van der Waals surface area (Å²) in [6.45, 7) is 4.92. The maximum absolute atomic E-state index is 5.56. The molecule has 0 atom stereocenters. The van der Waals surface area contributed by atoms with Gasteiger partial charge < -0.3 is 10.3 Å². The number of hydrogen-bond acceptors (Lipinski definition) is 4. The van der Waals surface area contributed by atoms with E-state index in [-0.39, 0.29) is 0 Å². The molecule has 2 N–H and O–H groups in total. The van der Waals surface area contributed by atoms with E-state index in [2.05, 4.69) is 24.0 Å². The van der Waals surface area contributed by atoms with E-state index >= 15 is 0 Å². The summed E-state index contributed by atoms with van der Waals surface area (Å²) in [5, 5.41) is 4.00. The van der Waals surface area contributed by atoms with Crippen molar-refractivity contribution in [2.45, 2.75) is 33.2 Å². The van der Waals surface area contributed by atoms with E-state index < -0.39 is 0 Å². The third-order valence-corrected chi connectivity index (χ3v) is 2.85. The maximum Gasteiger partial charge on any atom is 0.257 e. The SMILES string of the molecule is CC(C)CCc1noc(-c2ccc(CN)cc2)n1. The normalized spacial score (nSPS) is 11.1. The third kappa shape index (κ3) is 3.17. The van der Waals surface area contributed by atoms with Crippen LogP contribution in [0.4, 0.5) is 0 Å². The molecule has 0 spiro atoms. The molecule has 0 saturated carbocycles. The maximum atomic E-state index is 5.56. The highest BCUT2D eigenvalue weighted by atomic mass is 16.5. The van der Waals surface area contributed by atoms with E-state index in [0.717, 1.165) is 29.8 Å². The summed E-state index contributed by atoms with van der Waals surface area (Å²) in [6, 6.07) is 7.88. The van der Waals surface area contributed by atoms with Gasteiger partial charge in [-0.2, -0.15) is 4.98 Å². The molecule has 4 nitrogen and oxygen atoms in total. The summed E-state index contributed by atoms with van der Waals surface area (Å²) in [6.07, 6.45) is 1.94. The summed E-state index contributed by atoms with van der Waals surface area (Å²) in [4.78, 5) is 4.40. The zero-order valence-electron chi connectivity index (χ0n) is 10.9. The Labute approximate surface area is 107 Å². The van der Waals surface area contributed by atoms with E-state index in [9.17, 15) is 0 Å². The molecule has 2 rings (SSSR count). The molecule has 0 radical (unpaired) electrons. The molecule has 0 fully saturated rings. The Morgan fingerprint density at radius 3 is 2.56 bits per heavy atom. The second kappa shape index (κ2) is 5.78. The molecular formula is C14H19N3O. The van der Waals surface area contributed by atoms with Crippen LogP contribution in [0.15, 0.2) is 28.8 Å². The first kappa shape index (κ1) is 12.8. The minimum absolute atomic E-state index is 0.545. The Morgan fingerprint density at radius 1 is 1.22 bits per heavy atom. The van der Waals surface area contributed by atoms with Gasteiger partial charge >= 0.3 is 0 Å². The Kier molecular flexibility index (Phi) is 4.10.